The van der Waals surface area contributed by atoms with Crippen LogP contribution in [0, 0.1) is 0 Å². The molecule has 0 fully saturated rings. The van der Waals surface area contributed by atoms with Gasteiger partial charge in [-0.05, 0) is 36.8 Å². The van der Waals surface area contributed by atoms with E-state index in [9.17, 15) is 13.2 Å². The zero-order valence-electron chi connectivity index (χ0n) is 10.6. The van der Waals surface area contributed by atoms with Gasteiger partial charge in [0.05, 0.1) is 12.1 Å². The number of pyridine rings is 1. The fraction of sp³-hybridized carbons (Fsp3) is 0.615. The maximum Gasteiger partial charge on any atom is 0.394 e. The number of anilines is 1. The van der Waals surface area contributed by atoms with E-state index in [1.54, 1.807) is 7.05 Å². The van der Waals surface area contributed by atoms with E-state index in [1.807, 2.05) is 6.92 Å². The summed E-state index contributed by atoms with van der Waals surface area (Å²) in [5, 5.41) is 3.07. The molecular weight excluding hydrogens is 241 g/mol. The van der Waals surface area contributed by atoms with Gasteiger partial charge in [0.25, 0.3) is 0 Å². The summed E-state index contributed by atoms with van der Waals surface area (Å²) in [5.74, 6) is 0. The van der Waals surface area contributed by atoms with E-state index in [4.69, 9.17) is 0 Å². The highest BCUT2D eigenvalue weighted by Crippen LogP contribution is 2.34. The third-order valence-electron chi connectivity index (χ3n) is 3.38. The summed E-state index contributed by atoms with van der Waals surface area (Å²) in [6, 6.07) is 0. The molecule has 1 heterocycles. The molecule has 0 aromatic carbocycles. The molecule has 1 aromatic rings. The lowest BCUT2D eigenvalue weighted by atomic mass is 10.0. The molecule has 0 amide bonds. The van der Waals surface area contributed by atoms with Crippen LogP contribution in [0.5, 0.6) is 0 Å². The Hall–Kier alpha value is -1.26. The highest BCUT2D eigenvalue weighted by Gasteiger charge is 2.32. The molecule has 0 spiro atoms. The first-order chi connectivity index (χ1) is 8.46. The Morgan fingerprint density at radius 3 is 2.56 bits per heavy atom. The van der Waals surface area contributed by atoms with Crippen LogP contribution >= 0.6 is 0 Å². The van der Waals surface area contributed by atoms with Crippen molar-refractivity contribution in [3.05, 3.63) is 22.5 Å². The number of alkyl halides is 3. The Bertz CT molecular complexity index is 453. The molecule has 0 bridgehead atoms. The molecule has 1 aliphatic carbocycles. The van der Waals surface area contributed by atoms with Gasteiger partial charge < -0.3 is 5.32 Å². The van der Waals surface area contributed by atoms with Gasteiger partial charge >= 0.3 is 6.18 Å². The Kier molecular flexibility index (Phi) is 3.50. The first-order valence-corrected chi connectivity index (χ1v) is 6.24. The third kappa shape index (κ3) is 2.44. The largest absolute Gasteiger partial charge is 0.394 e. The molecule has 1 aliphatic rings. The van der Waals surface area contributed by atoms with E-state index in [1.165, 1.54) is 0 Å². The predicted molar refractivity (Wildman–Crippen MR) is 64.9 cm³/mol. The summed E-state index contributed by atoms with van der Waals surface area (Å²) in [4.78, 5) is 4.26. The topological polar surface area (TPSA) is 24.9 Å². The molecule has 0 atom stereocenters. The molecule has 2 rings (SSSR count). The summed E-state index contributed by atoms with van der Waals surface area (Å²) in [6.45, 7) is 1.87. The highest BCUT2D eigenvalue weighted by atomic mass is 19.4. The Labute approximate surface area is 105 Å². The van der Waals surface area contributed by atoms with Gasteiger partial charge in [-0.3, -0.25) is 4.98 Å². The third-order valence-corrected chi connectivity index (χ3v) is 3.38. The lowest BCUT2D eigenvalue weighted by Gasteiger charge is -2.18. The standard InChI is InChI=1S/C13H17F3N2/c1-3-8-11(7-13(14,15)16)18-10-6-4-5-9(10)12(8)17-2/h3-7H2,1-2H3,(H,17,18). The fourth-order valence-corrected chi connectivity index (χ4v) is 2.70. The summed E-state index contributed by atoms with van der Waals surface area (Å²) in [7, 11) is 1.77. The number of fused-ring (bicyclic) bond motifs is 1. The summed E-state index contributed by atoms with van der Waals surface area (Å²) >= 11 is 0. The lowest BCUT2D eigenvalue weighted by Crippen LogP contribution is -2.17. The molecule has 0 radical (unpaired) electrons. The molecular formula is C13H17F3N2. The summed E-state index contributed by atoms with van der Waals surface area (Å²) in [6.07, 6.45) is -1.87. The second-order valence-electron chi connectivity index (χ2n) is 4.59. The Morgan fingerprint density at radius 1 is 1.28 bits per heavy atom. The second-order valence-corrected chi connectivity index (χ2v) is 4.59. The minimum absolute atomic E-state index is 0.190. The number of hydrogen-bond donors (Lipinski definition) is 1. The zero-order valence-corrected chi connectivity index (χ0v) is 10.6. The first-order valence-electron chi connectivity index (χ1n) is 6.24. The van der Waals surface area contributed by atoms with Crippen molar-refractivity contribution >= 4 is 5.69 Å². The zero-order chi connectivity index (χ0) is 13.3. The molecule has 100 valence electrons. The van der Waals surface area contributed by atoms with Crippen LogP contribution in [0.25, 0.3) is 0 Å². The van der Waals surface area contributed by atoms with E-state index in [0.717, 1.165) is 41.8 Å². The maximum absolute atomic E-state index is 12.6. The summed E-state index contributed by atoms with van der Waals surface area (Å²) in [5.41, 5.74) is 3.74. The smallest absolute Gasteiger partial charge is 0.388 e. The molecule has 5 heteroatoms. The normalized spacial score (nSPS) is 14.7. The molecule has 0 unspecified atom stereocenters. The molecule has 18 heavy (non-hydrogen) atoms. The van der Waals surface area contributed by atoms with Crippen molar-refractivity contribution < 1.29 is 13.2 Å². The summed E-state index contributed by atoms with van der Waals surface area (Å²) < 4.78 is 37.8. The number of aromatic nitrogens is 1. The van der Waals surface area contributed by atoms with E-state index in [-0.39, 0.29) is 5.69 Å². The van der Waals surface area contributed by atoms with Crippen LogP contribution in [0.4, 0.5) is 18.9 Å². The monoisotopic (exact) mass is 258 g/mol. The molecule has 2 nitrogen and oxygen atoms in total. The predicted octanol–water partition coefficient (Wildman–Crippen LogP) is 3.28. The fourth-order valence-electron chi connectivity index (χ4n) is 2.70. The van der Waals surface area contributed by atoms with Crippen LogP contribution in [0.3, 0.4) is 0 Å². The number of aryl methyl sites for hydroxylation is 1. The SMILES string of the molecule is CCc1c(CC(F)(F)F)nc2c(c1NC)CCC2. The van der Waals surface area contributed by atoms with Crippen molar-refractivity contribution in [2.75, 3.05) is 12.4 Å². The van der Waals surface area contributed by atoms with Gasteiger partial charge in [-0.2, -0.15) is 13.2 Å². The second kappa shape index (κ2) is 4.78. The number of halogens is 3. The molecule has 0 saturated carbocycles. The first kappa shape index (κ1) is 13.2. The van der Waals surface area contributed by atoms with Crippen LogP contribution in [0.2, 0.25) is 0 Å². The van der Waals surface area contributed by atoms with Crippen LogP contribution in [-0.4, -0.2) is 18.2 Å². The van der Waals surface area contributed by atoms with Crippen molar-refractivity contribution in [1.82, 2.24) is 4.98 Å². The van der Waals surface area contributed by atoms with Gasteiger partial charge in [0.1, 0.15) is 0 Å². The van der Waals surface area contributed by atoms with E-state index < -0.39 is 12.6 Å². The van der Waals surface area contributed by atoms with Crippen molar-refractivity contribution in [2.24, 2.45) is 0 Å². The minimum atomic E-state index is -4.20. The van der Waals surface area contributed by atoms with Crippen LogP contribution < -0.4 is 5.32 Å². The van der Waals surface area contributed by atoms with E-state index in [2.05, 4.69) is 10.3 Å². The maximum atomic E-state index is 12.6. The van der Waals surface area contributed by atoms with Crippen molar-refractivity contribution in [3.63, 3.8) is 0 Å². The van der Waals surface area contributed by atoms with Crippen molar-refractivity contribution in [3.8, 4) is 0 Å². The van der Waals surface area contributed by atoms with Gasteiger partial charge in [-0.1, -0.05) is 6.92 Å². The van der Waals surface area contributed by atoms with Gasteiger partial charge in [0.15, 0.2) is 0 Å². The number of hydrogen-bond acceptors (Lipinski definition) is 2. The van der Waals surface area contributed by atoms with Gasteiger partial charge in [-0.15, -0.1) is 0 Å². The van der Waals surface area contributed by atoms with Gasteiger partial charge in [0, 0.05) is 18.4 Å². The minimum Gasteiger partial charge on any atom is -0.388 e. The van der Waals surface area contributed by atoms with Gasteiger partial charge in [-0.25, -0.2) is 0 Å². The Morgan fingerprint density at radius 2 is 2.00 bits per heavy atom. The average Bonchev–Trinajstić information content (AvgIpc) is 2.72. The number of nitrogens with one attached hydrogen (secondary N) is 1. The van der Waals surface area contributed by atoms with Crippen molar-refractivity contribution in [1.29, 1.82) is 0 Å². The number of nitrogens with zero attached hydrogens (tertiary/aromatic N) is 1. The highest BCUT2D eigenvalue weighted by molar-refractivity contribution is 5.61. The van der Waals surface area contributed by atoms with E-state index >= 15 is 0 Å². The molecule has 1 aromatic heterocycles. The van der Waals surface area contributed by atoms with E-state index in [0.29, 0.717) is 6.42 Å². The van der Waals surface area contributed by atoms with Crippen molar-refractivity contribution in [2.45, 2.75) is 45.2 Å². The lowest BCUT2D eigenvalue weighted by molar-refractivity contribution is -0.127. The molecule has 0 saturated heterocycles. The number of rotatable bonds is 3. The average molecular weight is 258 g/mol. The quantitative estimate of drug-likeness (QED) is 0.900. The van der Waals surface area contributed by atoms with Gasteiger partial charge in [0.2, 0.25) is 0 Å². The Balaban J connectivity index is 2.52. The van der Waals surface area contributed by atoms with Crippen LogP contribution in [-0.2, 0) is 25.7 Å². The van der Waals surface area contributed by atoms with Crippen LogP contribution in [0.1, 0.15) is 35.9 Å². The molecule has 1 N–H and O–H groups in total. The molecule has 0 aliphatic heterocycles. The van der Waals surface area contributed by atoms with Crippen LogP contribution in [0.15, 0.2) is 0 Å².